The second kappa shape index (κ2) is 5.52. The Morgan fingerprint density at radius 1 is 1.61 bits per heavy atom. The van der Waals surface area contributed by atoms with Crippen LogP contribution < -0.4 is 5.73 Å². The predicted molar refractivity (Wildman–Crippen MR) is 70.1 cm³/mol. The average Bonchev–Trinajstić information content (AvgIpc) is 2.98. The lowest BCUT2D eigenvalue weighted by Gasteiger charge is -2.31. The Kier molecular flexibility index (Phi) is 4.01. The number of amides is 1. The quantitative estimate of drug-likeness (QED) is 0.867. The second-order valence-corrected chi connectivity index (χ2v) is 4.97. The summed E-state index contributed by atoms with van der Waals surface area (Å²) in [6, 6.07) is 0.294. The lowest BCUT2D eigenvalue weighted by Crippen LogP contribution is -2.44. The molecular formula is C13H22N4O. The fourth-order valence-corrected chi connectivity index (χ4v) is 2.94. The van der Waals surface area contributed by atoms with Gasteiger partial charge in [0.2, 0.25) is 0 Å². The van der Waals surface area contributed by atoms with Crippen LogP contribution in [0, 0.1) is 5.92 Å². The maximum Gasteiger partial charge on any atom is 0.272 e. The summed E-state index contributed by atoms with van der Waals surface area (Å²) in [7, 11) is 1.85. The summed E-state index contributed by atoms with van der Waals surface area (Å²) >= 11 is 0. The van der Waals surface area contributed by atoms with E-state index in [9.17, 15) is 4.79 Å². The first-order valence-electron chi connectivity index (χ1n) is 6.66. The number of rotatable bonds is 4. The first kappa shape index (κ1) is 13.1. The van der Waals surface area contributed by atoms with E-state index in [4.69, 9.17) is 5.73 Å². The number of carbonyl (C=O) groups excluding carboxylic acids is 1. The van der Waals surface area contributed by atoms with Gasteiger partial charge in [-0.3, -0.25) is 4.79 Å². The van der Waals surface area contributed by atoms with Gasteiger partial charge in [0.05, 0.1) is 12.5 Å². The molecule has 0 spiro atoms. The van der Waals surface area contributed by atoms with Crippen molar-refractivity contribution in [3.63, 3.8) is 0 Å². The summed E-state index contributed by atoms with van der Waals surface area (Å²) < 4.78 is 1.78. The zero-order chi connectivity index (χ0) is 13.1. The Morgan fingerprint density at radius 3 is 2.94 bits per heavy atom. The van der Waals surface area contributed by atoms with Gasteiger partial charge in [0.15, 0.2) is 0 Å². The number of hydrogen-bond acceptors (Lipinski definition) is 3. The predicted octanol–water partition coefficient (Wildman–Crippen LogP) is 1.01. The summed E-state index contributed by atoms with van der Waals surface area (Å²) in [4.78, 5) is 18.5. The second-order valence-electron chi connectivity index (χ2n) is 4.97. The molecule has 1 amide bonds. The van der Waals surface area contributed by atoms with Gasteiger partial charge in [-0.1, -0.05) is 6.42 Å². The van der Waals surface area contributed by atoms with Gasteiger partial charge >= 0.3 is 0 Å². The van der Waals surface area contributed by atoms with E-state index in [1.165, 1.54) is 6.42 Å². The molecule has 0 saturated heterocycles. The first-order valence-corrected chi connectivity index (χ1v) is 6.66. The molecule has 2 atom stereocenters. The molecule has 0 aromatic carbocycles. The standard InChI is InChI=1S/C13H22N4O/c1-3-17(11-6-4-5-10(11)7-14)13(18)12-8-15-9-16(12)2/h8-11H,3-7,14H2,1-2H3. The van der Waals surface area contributed by atoms with Gasteiger partial charge in [0, 0.05) is 19.6 Å². The maximum absolute atomic E-state index is 12.5. The van der Waals surface area contributed by atoms with Crippen molar-refractivity contribution < 1.29 is 4.79 Å². The minimum Gasteiger partial charge on any atom is -0.334 e. The van der Waals surface area contributed by atoms with Crippen LogP contribution in [-0.2, 0) is 7.05 Å². The van der Waals surface area contributed by atoms with Crippen molar-refractivity contribution in [3.05, 3.63) is 18.2 Å². The largest absolute Gasteiger partial charge is 0.334 e. The van der Waals surface area contributed by atoms with Crippen molar-refractivity contribution >= 4 is 5.91 Å². The highest BCUT2D eigenvalue weighted by atomic mass is 16.2. The van der Waals surface area contributed by atoms with Gasteiger partial charge in [-0.25, -0.2) is 4.98 Å². The molecular weight excluding hydrogens is 228 g/mol. The van der Waals surface area contributed by atoms with Gasteiger partial charge in [0.1, 0.15) is 5.69 Å². The highest BCUT2D eigenvalue weighted by molar-refractivity contribution is 5.92. The third kappa shape index (κ3) is 2.27. The van der Waals surface area contributed by atoms with Crippen molar-refractivity contribution in [3.8, 4) is 0 Å². The Hall–Kier alpha value is -1.36. The van der Waals surface area contributed by atoms with Crippen LogP contribution in [0.15, 0.2) is 12.5 Å². The fourth-order valence-electron chi connectivity index (χ4n) is 2.94. The molecule has 1 aromatic rings. The van der Waals surface area contributed by atoms with Crippen LogP contribution in [0.2, 0.25) is 0 Å². The van der Waals surface area contributed by atoms with E-state index >= 15 is 0 Å². The normalized spacial score (nSPS) is 23.3. The van der Waals surface area contributed by atoms with Gasteiger partial charge in [-0.2, -0.15) is 0 Å². The molecule has 1 saturated carbocycles. The van der Waals surface area contributed by atoms with Crippen LogP contribution >= 0.6 is 0 Å². The van der Waals surface area contributed by atoms with Crippen molar-refractivity contribution in [1.82, 2.24) is 14.5 Å². The number of nitrogens with zero attached hydrogens (tertiary/aromatic N) is 3. The molecule has 1 heterocycles. The number of imidazole rings is 1. The third-order valence-electron chi connectivity index (χ3n) is 3.96. The molecule has 1 fully saturated rings. The molecule has 2 rings (SSSR count). The Labute approximate surface area is 108 Å². The van der Waals surface area contributed by atoms with E-state index < -0.39 is 0 Å². The zero-order valence-electron chi connectivity index (χ0n) is 11.2. The van der Waals surface area contributed by atoms with Crippen molar-refractivity contribution in [2.24, 2.45) is 18.7 Å². The molecule has 1 aromatic heterocycles. The molecule has 0 aliphatic heterocycles. The van der Waals surface area contributed by atoms with Crippen LogP contribution in [0.3, 0.4) is 0 Å². The van der Waals surface area contributed by atoms with E-state index in [0.29, 0.717) is 24.2 Å². The summed E-state index contributed by atoms with van der Waals surface area (Å²) in [5.41, 5.74) is 6.46. The van der Waals surface area contributed by atoms with E-state index in [2.05, 4.69) is 4.98 Å². The third-order valence-corrected chi connectivity index (χ3v) is 3.96. The summed E-state index contributed by atoms with van der Waals surface area (Å²) in [5.74, 6) is 0.518. The lowest BCUT2D eigenvalue weighted by atomic mass is 10.0. The maximum atomic E-state index is 12.5. The molecule has 5 nitrogen and oxygen atoms in total. The van der Waals surface area contributed by atoms with Gasteiger partial charge in [-0.05, 0) is 32.2 Å². The Bertz CT molecular complexity index is 415. The molecule has 5 heteroatoms. The summed E-state index contributed by atoms with van der Waals surface area (Å²) in [5, 5.41) is 0. The van der Waals surface area contributed by atoms with E-state index in [1.54, 1.807) is 17.1 Å². The molecule has 2 unspecified atom stereocenters. The van der Waals surface area contributed by atoms with Crippen molar-refractivity contribution in [1.29, 1.82) is 0 Å². The molecule has 1 aliphatic rings. The minimum absolute atomic E-state index is 0.0721. The zero-order valence-corrected chi connectivity index (χ0v) is 11.2. The van der Waals surface area contributed by atoms with Gasteiger partial charge in [-0.15, -0.1) is 0 Å². The van der Waals surface area contributed by atoms with E-state index in [-0.39, 0.29) is 5.91 Å². The number of aryl methyl sites for hydroxylation is 1. The molecule has 2 N–H and O–H groups in total. The highest BCUT2D eigenvalue weighted by Crippen LogP contribution is 2.30. The van der Waals surface area contributed by atoms with Crippen LogP contribution in [0.4, 0.5) is 0 Å². The molecule has 100 valence electrons. The molecule has 0 radical (unpaired) electrons. The van der Waals surface area contributed by atoms with Crippen LogP contribution in [0.5, 0.6) is 0 Å². The number of nitrogens with two attached hydrogens (primary N) is 1. The Balaban J connectivity index is 2.18. The molecule has 1 aliphatic carbocycles. The van der Waals surface area contributed by atoms with Crippen molar-refractivity contribution in [2.75, 3.05) is 13.1 Å². The topological polar surface area (TPSA) is 64.2 Å². The van der Waals surface area contributed by atoms with Crippen LogP contribution in [-0.4, -0.2) is 39.5 Å². The monoisotopic (exact) mass is 250 g/mol. The number of carbonyl (C=O) groups is 1. The summed E-state index contributed by atoms with van der Waals surface area (Å²) in [6.07, 6.45) is 6.67. The number of aromatic nitrogens is 2. The lowest BCUT2D eigenvalue weighted by molar-refractivity contribution is 0.0642. The molecule has 18 heavy (non-hydrogen) atoms. The van der Waals surface area contributed by atoms with E-state index in [1.807, 2.05) is 18.9 Å². The van der Waals surface area contributed by atoms with Gasteiger partial charge < -0.3 is 15.2 Å². The molecule has 0 bridgehead atoms. The van der Waals surface area contributed by atoms with E-state index in [0.717, 1.165) is 19.4 Å². The van der Waals surface area contributed by atoms with Crippen molar-refractivity contribution in [2.45, 2.75) is 32.2 Å². The SMILES string of the molecule is CCN(C(=O)c1cncn1C)C1CCCC1CN. The smallest absolute Gasteiger partial charge is 0.272 e. The number of hydrogen-bond donors (Lipinski definition) is 1. The highest BCUT2D eigenvalue weighted by Gasteiger charge is 2.34. The minimum atomic E-state index is 0.0721. The van der Waals surface area contributed by atoms with Crippen LogP contribution in [0.25, 0.3) is 0 Å². The first-order chi connectivity index (χ1) is 8.69. The summed E-state index contributed by atoms with van der Waals surface area (Å²) in [6.45, 7) is 3.42. The van der Waals surface area contributed by atoms with Gasteiger partial charge in [0.25, 0.3) is 5.91 Å². The Morgan fingerprint density at radius 2 is 2.39 bits per heavy atom. The fraction of sp³-hybridized carbons (Fsp3) is 0.692. The average molecular weight is 250 g/mol. The van der Waals surface area contributed by atoms with Crippen LogP contribution in [0.1, 0.15) is 36.7 Å².